The maximum absolute atomic E-state index is 14.0. The Labute approximate surface area is 118 Å². The number of Topliss-reactive ketones (excluding diaryl/α,β-unsaturated/α-hetero) is 1. The molecule has 3 rings (SSSR count). The Morgan fingerprint density at radius 2 is 2.00 bits per heavy atom. The number of nitrogens with zero attached hydrogens (tertiary/aromatic N) is 1. The highest BCUT2D eigenvalue weighted by atomic mass is 19.1. The Hall–Kier alpha value is -1.90. The lowest BCUT2D eigenvalue weighted by molar-refractivity contribution is 0.0971. The van der Waals surface area contributed by atoms with Crippen molar-refractivity contribution in [2.24, 2.45) is 0 Å². The maximum Gasteiger partial charge on any atom is 0.164 e. The Kier molecular flexibility index (Phi) is 3.20. The van der Waals surface area contributed by atoms with E-state index in [0.29, 0.717) is 12.0 Å². The molecule has 104 valence electrons. The lowest BCUT2D eigenvalue weighted by atomic mass is 9.96. The van der Waals surface area contributed by atoms with E-state index in [9.17, 15) is 9.18 Å². The molecule has 0 aliphatic heterocycles. The topological polar surface area (TPSA) is 22.0 Å². The first-order valence-corrected chi connectivity index (χ1v) is 7.08. The molecule has 1 heterocycles. The molecule has 2 aromatic rings. The fourth-order valence-electron chi connectivity index (χ4n) is 3.24. The third kappa shape index (κ3) is 1.98. The second-order valence-electron chi connectivity index (χ2n) is 5.49. The predicted octanol–water partition coefficient (Wildman–Crippen LogP) is 4.06. The van der Waals surface area contributed by atoms with Gasteiger partial charge >= 0.3 is 0 Å². The van der Waals surface area contributed by atoms with Crippen LogP contribution >= 0.6 is 0 Å². The van der Waals surface area contributed by atoms with E-state index >= 15 is 0 Å². The van der Waals surface area contributed by atoms with E-state index in [0.717, 1.165) is 29.8 Å². The third-order valence-electron chi connectivity index (χ3n) is 4.20. The van der Waals surface area contributed by atoms with Crippen LogP contribution in [0.5, 0.6) is 0 Å². The van der Waals surface area contributed by atoms with Crippen molar-refractivity contribution in [3.8, 4) is 0 Å². The summed E-state index contributed by atoms with van der Waals surface area (Å²) in [6.45, 7) is 3.98. The SMILES string of the molecule is Cc1cc2c(n1C(C)c1ccccc1F)CCCC2=O. The van der Waals surface area contributed by atoms with Crippen molar-refractivity contribution in [2.75, 3.05) is 0 Å². The number of halogens is 1. The molecular weight excluding hydrogens is 253 g/mol. The summed E-state index contributed by atoms with van der Waals surface area (Å²) in [6, 6.07) is 8.72. The number of rotatable bonds is 2. The molecule has 1 aliphatic carbocycles. The summed E-state index contributed by atoms with van der Waals surface area (Å²) < 4.78 is 16.1. The van der Waals surface area contributed by atoms with E-state index in [4.69, 9.17) is 0 Å². The van der Waals surface area contributed by atoms with Crippen molar-refractivity contribution in [2.45, 2.75) is 39.2 Å². The summed E-state index contributed by atoms with van der Waals surface area (Å²) in [5.74, 6) is 0.0258. The summed E-state index contributed by atoms with van der Waals surface area (Å²) >= 11 is 0. The van der Waals surface area contributed by atoms with Crippen LogP contribution in [0.3, 0.4) is 0 Å². The normalized spacial score (nSPS) is 16.1. The van der Waals surface area contributed by atoms with Gasteiger partial charge in [0.1, 0.15) is 5.82 Å². The first kappa shape index (κ1) is 13.1. The molecule has 0 bridgehead atoms. The molecule has 1 unspecified atom stereocenters. The third-order valence-corrected chi connectivity index (χ3v) is 4.20. The predicted molar refractivity (Wildman–Crippen MR) is 76.7 cm³/mol. The van der Waals surface area contributed by atoms with E-state index in [-0.39, 0.29) is 17.6 Å². The number of benzene rings is 1. The Morgan fingerprint density at radius 3 is 2.75 bits per heavy atom. The van der Waals surface area contributed by atoms with Crippen LogP contribution < -0.4 is 0 Å². The molecule has 2 nitrogen and oxygen atoms in total. The lowest BCUT2D eigenvalue weighted by Crippen LogP contribution is -2.17. The molecule has 1 atom stereocenters. The summed E-state index contributed by atoms with van der Waals surface area (Å²) in [7, 11) is 0. The largest absolute Gasteiger partial charge is 0.341 e. The first-order chi connectivity index (χ1) is 9.59. The van der Waals surface area contributed by atoms with Gasteiger partial charge in [-0.25, -0.2) is 4.39 Å². The van der Waals surface area contributed by atoms with Crippen molar-refractivity contribution in [3.63, 3.8) is 0 Å². The molecule has 0 radical (unpaired) electrons. The molecular formula is C17H18FNO. The molecule has 20 heavy (non-hydrogen) atoms. The molecule has 0 saturated heterocycles. The highest BCUT2D eigenvalue weighted by Crippen LogP contribution is 2.31. The summed E-state index contributed by atoms with van der Waals surface area (Å²) in [5, 5.41) is 0. The van der Waals surface area contributed by atoms with Gasteiger partial charge in [0, 0.05) is 28.9 Å². The van der Waals surface area contributed by atoms with Crippen LogP contribution in [-0.4, -0.2) is 10.4 Å². The van der Waals surface area contributed by atoms with Crippen LogP contribution in [0.2, 0.25) is 0 Å². The Bertz CT molecular complexity index is 672. The van der Waals surface area contributed by atoms with Crippen molar-refractivity contribution in [1.29, 1.82) is 0 Å². The van der Waals surface area contributed by atoms with Crippen LogP contribution in [0.15, 0.2) is 30.3 Å². The van der Waals surface area contributed by atoms with Crippen molar-refractivity contribution >= 4 is 5.78 Å². The second kappa shape index (κ2) is 4.89. The molecule has 0 fully saturated rings. The maximum atomic E-state index is 14.0. The van der Waals surface area contributed by atoms with Crippen LogP contribution in [0.25, 0.3) is 0 Å². The molecule has 1 aromatic carbocycles. The minimum absolute atomic E-state index is 0.0918. The monoisotopic (exact) mass is 271 g/mol. The average Bonchev–Trinajstić information content (AvgIpc) is 2.76. The molecule has 1 aliphatic rings. The number of carbonyl (C=O) groups is 1. The summed E-state index contributed by atoms with van der Waals surface area (Å²) in [6.07, 6.45) is 2.41. The van der Waals surface area contributed by atoms with Gasteiger partial charge in [0.25, 0.3) is 0 Å². The number of carbonyl (C=O) groups excluding carboxylic acids is 1. The zero-order valence-electron chi connectivity index (χ0n) is 11.8. The van der Waals surface area contributed by atoms with Gasteiger partial charge in [-0.05, 0) is 38.8 Å². The van der Waals surface area contributed by atoms with Gasteiger partial charge in [0.15, 0.2) is 5.78 Å². The standard InChI is InChI=1S/C17H18FNO/c1-11-10-14-16(8-5-9-17(14)20)19(11)12(2)13-6-3-4-7-15(13)18/h3-4,6-7,10,12H,5,8-9H2,1-2H3. The lowest BCUT2D eigenvalue weighted by Gasteiger charge is -2.22. The molecule has 3 heteroatoms. The van der Waals surface area contributed by atoms with Gasteiger partial charge in [0.05, 0.1) is 6.04 Å². The number of hydrogen-bond donors (Lipinski definition) is 0. The molecule has 1 aromatic heterocycles. The first-order valence-electron chi connectivity index (χ1n) is 7.08. The fourth-order valence-corrected chi connectivity index (χ4v) is 3.24. The minimum Gasteiger partial charge on any atom is -0.341 e. The Morgan fingerprint density at radius 1 is 1.25 bits per heavy atom. The van der Waals surface area contributed by atoms with Gasteiger partial charge in [-0.3, -0.25) is 4.79 Å². The van der Waals surface area contributed by atoms with Crippen LogP contribution in [0.4, 0.5) is 4.39 Å². The zero-order valence-corrected chi connectivity index (χ0v) is 11.8. The summed E-state index contributed by atoms with van der Waals surface area (Å²) in [4.78, 5) is 12.0. The minimum atomic E-state index is -0.191. The van der Waals surface area contributed by atoms with E-state index in [1.165, 1.54) is 6.07 Å². The van der Waals surface area contributed by atoms with Crippen LogP contribution in [0, 0.1) is 12.7 Å². The molecule has 0 spiro atoms. The number of ketones is 1. The molecule has 0 saturated carbocycles. The van der Waals surface area contributed by atoms with Crippen molar-refractivity contribution < 1.29 is 9.18 Å². The zero-order chi connectivity index (χ0) is 14.3. The van der Waals surface area contributed by atoms with Gasteiger partial charge in [-0.1, -0.05) is 18.2 Å². The average molecular weight is 271 g/mol. The number of aryl methyl sites for hydroxylation is 1. The van der Waals surface area contributed by atoms with Gasteiger partial charge in [-0.15, -0.1) is 0 Å². The van der Waals surface area contributed by atoms with Gasteiger partial charge in [0.2, 0.25) is 0 Å². The quantitative estimate of drug-likeness (QED) is 0.807. The van der Waals surface area contributed by atoms with E-state index in [2.05, 4.69) is 4.57 Å². The van der Waals surface area contributed by atoms with Crippen LogP contribution in [-0.2, 0) is 6.42 Å². The molecule has 0 N–H and O–H groups in total. The second-order valence-corrected chi connectivity index (χ2v) is 5.49. The van der Waals surface area contributed by atoms with Crippen molar-refractivity contribution in [3.05, 3.63) is 58.7 Å². The van der Waals surface area contributed by atoms with Crippen LogP contribution in [0.1, 0.15) is 53.1 Å². The highest BCUT2D eigenvalue weighted by Gasteiger charge is 2.25. The summed E-state index contributed by atoms with van der Waals surface area (Å²) in [5.41, 5.74) is 3.60. The van der Waals surface area contributed by atoms with E-state index in [1.807, 2.05) is 32.0 Å². The molecule has 0 amide bonds. The van der Waals surface area contributed by atoms with Gasteiger partial charge < -0.3 is 4.57 Å². The number of aromatic nitrogens is 1. The van der Waals surface area contributed by atoms with Gasteiger partial charge in [-0.2, -0.15) is 0 Å². The van der Waals surface area contributed by atoms with E-state index < -0.39 is 0 Å². The number of fused-ring (bicyclic) bond motifs is 1. The number of hydrogen-bond acceptors (Lipinski definition) is 1. The van der Waals surface area contributed by atoms with E-state index in [1.54, 1.807) is 6.07 Å². The smallest absolute Gasteiger partial charge is 0.164 e. The fraction of sp³-hybridized carbons (Fsp3) is 0.353. The van der Waals surface area contributed by atoms with Crippen molar-refractivity contribution in [1.82, 2.24) is 4.57 Å². The Balaban J connectivity index is 2.11. The highest BCUT2D eigenvalue weighted by molar-refractivity contribution is 5.98.